The number of hydrogen-bond acceptors (Lipinski definition) is 3. The third-order valence-electron chi connectivity index (χ3n) is 4.68. The molecule has 2 aliphatic heterocycles. The third-order valence-corrected chi connectivity index (χ3v) is 4.68. The number of benzene rings is 1. The van der Waals surface area contributed by atoms with Crippen LogP contribution < -0.4 is 5.32 Å². The zero-order valence-electron chi connectivity index (χ0n) is 11.6. The van der Waals surface area contributed by atoms with Crippen LogP contribution in [-0.4, -0.2) is 30.8 Å². The zero-order chi connectivity index (χ0) is 14.0. The van der Waals surface area contributed by atoms with Gasteiger partial charge in [0.2, 0.25) is 0 Å². The van der Waals surface area contributed by atoms with E-state index in [-0.39, 0.29) is 6.10 Å². The third kappa shape index (κ3) is 2.45. The normalized spacial score (nSPS) is 24.9. The van der Waals surface area contributed by atoms with Crippen LogP contribution in [0.15, 0.2) is 24.3 Å². The maximum absolute atomic E-state index is 11.8. The largest absolute Gasteiger partial charge is 0.481 e. The van der Waals surface area contributed by atoms with Crippen molar-refractivity contribution < 1.29 is 14.6 Å². The summed E-state index contributed by atoms with van der Waals surface area (Å²) in [5, 5.41) is 12.9. The molecule has 0 saturated carbocycles. The van der Waals surface area contributed by atoms with Gasteiger partial charge in [0, 0.05) is 0 Å². The van der Waals surface area contributed by atoms with E-state index >= 15 is 0 Å². The Kier molecular flexibility index (Phi) is 3.76. The number of carboxylic acids is 1. The van der Waals surface area contributed by atoms with Crippen molar-refractivity contribution in [2.75, 3.05) is 19.7 Å². The summed E-state index contributed by atoms with van der Waals surface area (Å²) in [7, 11) is 0. The average Bonchev–Trinajstić information content (AvgIpc) is 2.48. The van der Waals surface area contributed by atoms with Crippen molar-refractivity contribution >= 4 is 5.97 Å². The topological polar surface area (TPSA) is 58.6 Å². The molecule has 20 heavy (non-hydrogen) atoms. The summed E-state index contributed by atoms with van der Waals surface area (Å²) in [4.78, 5) is 11.8. The van der Waals surface area contributed by atoms with E-state index < -0.39 is 11.4 Å². The highest BCUT2D eigenvalue weighted by molar-refractivity contribution is 5.75. The van der Waals surface area contributed by atoms with E-state index in [1.807, 2.05) is 12.1 Å². The summed E-state index contributed by atoms with van der Waals surface area (Å²) in [5.41, 5.74) is 1.84. The van der Waals surface area contributed by atoms with E-state index in [4.69, 9.17) is 4.74 Å². The number of carboxylic acid groups (broad SMARTS) is 1. The lowest BCUT2D eigenvalue weighted by Gasteiger charge is -2.38. The number of piperidine rings is 1. The van der Waals surface area contributed by atoms with Crippen LogP contribution >= 0.6 is 0 Å². The van der Waals surface area contributed by atoms with Gasteiger partial charge >= 0.3 is 5.97 Å². The van der Waals surface area contributed by atoms with Crippen LogP contribution in [0.2, 0.25) is 0 Å². The molecule has 1 aromatic carbocycles. The minimum Gasteiger partial charge on any atom is -0.481 e. The molecule has 1 aromatic rings. The summed E-state index contributed by atoms with van der Waals surface area (Å²) < 4.78 is 5.90. The number of carbonyl (C=O) groups is 1. The molecule has 0 amide bonds. The molecule has 2 heterocycles. The molecule has 0 aliphatic carbocycles. The molecule has 2 N–H and O–H groups in total. The predicted molar refractivity (Wildman–Crippen MR) is 75.6 cm³/mol. The lowest BCUT2D eigenvalue weighted by molar-refractivity contribution is -0.154. The van der Waals surface area contributed by atoms with Crippen LogP contribution in [0.1, 0.15) is 36.5 Å². The fourth-order valence-electron chi connectivity index (χ4n) is 3.41. The van der Waals surface area contributed by atoms with Crippen molar-refractivity contribution in [3.05, 3.63) is 35.4 Å². The highest BCUT2D eigenvalue weighted by atomic mass is 16.5. The van der Waals surface area contributed by atoms with Crippen LogP contribution in [0, 0.1) is 5.41 Å². The Balaban J connectivity index is 1.85. The number of aliphatic carboxylic acids is 1. The SMILES string of the molecule is O=C(O)C1(CC2OCCc3ccccc32)CCNCC1. The molecular weight excluding hydrogens is 254 g/mol. The average molecular weight is 275 g/mol. The van der Waals surface area contributed by atoms with Gasteiger partial charge in [-0.3, -0.25) is 4.79 Å². The quantitative estimate of drug-likeness (QED) is 0.887. The van der Waals surface area contributed by atoms with Crippen LogP contribution in [0.25, 0.3) is 0 Å². The molecule has 108 valence electrons. The van der Waals surface area contributed by atoms with Crippen LogP contribution in [0.5, 0.6) is 0 Å². The van der Waals surface area contributed by atoms with E-state index in [1.165, 1.54) is 11.1 Å². The van der Waals surface area contributed by atoms with Gasteiger partial charge in [-0.25, -0.2) is 0 Å². The maximum atomic E-state index is 11.8. The summed E-state index contributed by atoms with van der Waals surface area (Å²) in [5.74, 6) is -0.675. The molecule has 1 unspecified atom stereocenters. The molecular formula is C16H21NO3. The fraction of sp³-hybridized carbons (Fsp3) is 0.562. The highest BCUT2D eigenvalue weighted by Gasteiger charge is 2.42. The zero-order valence-corrected chi connectivity index (χ0v) is 11.6. The second-order valence-corrected chi connectivity index (χ2v) is 5.85. The first-order chi connectivity index (χ1) is 9.71. The highest BCUT2D eigenvalue weighted by Crippen LogP contribution is 2.42. The van der Waals surface area contributed by atoms with Gasteiger partial charge in [0.05, 0.1) is 18.1 Å². The van der Waals surface area contributed by atoms with Gasteiger partial charge in [0.1, 0.15) is 0 Å². The molecule has 0 spiro atoms. The van der Waals surface area contributed by atoms with Gasteiger partial charge in [0.15, 0.2) is 0 Å². The second-order valence-electron chi connectivity index (χ2n) is 5.85. The van der Waals surface area contributed by atoms with Crippen LogP contribution in [0.4, 0.5) is 0 Å². The van der Waals surface area contributed by atoms with Crippen LogP contribution in [-0.2, 0) is 16.0 Å². The minimum absolute atomic E-state index is 0.0749. The van der Waals surface area contributed by atoms with E-state index in [9.17, 15) is 9.90 Å². The van der Waals surface area contributed by atoms with Gasteiger partial charge in [0.25, 0.3) is 0 Å². The lowest BCUT2D eigenvalue weighted by atomic mass is 9.73. The fourth-order valence-corrected chi connectivity index (χ4v) is 3.41. The van der Waals surface area contributed by atoms with Gasteiger partial charge in [-0.05, 0) is 49.9 Å². The molecule has 0 bridgehead atoms. The molecule has 3 rings (SSSR count). The standard InChI is InChI=1S/C16H21NO3/c18-15(19)16(6-8-17-9-7-16)11-14-13-4-2-1-3-12(13)5-10-20-14/h1-4,14,17H,5-11H2,(H,18,19). The molecule has 1 atom stereocenters. The van der Waals surface area contributed by atoms with E-state index in [0.717, 1.165) is 19.5 Å². The first kappa shape index (κ1) is 13.6. The number of rotatable bonds is 3. The first-order valence-electron chi connectivity index (χ1n) is 7.35. The van der Waals surface area contributed by atoms with E-state index in [2.05, 4.69) is 17.4 Å². The van der Waals surface area contributed by atoms with Gasteiger partial charge in [-0.15, -0.1) is 0 Å². The van der Waals surface area contributed by atoms with Gasteiger partial charge in [-0.2, -0.15) is 0 Å². The Morgan fingerprint density at radius 1 is 1.35 bits per heavy atom. The maximum Gasteiger partial charge on any atom is 0.309 e. The second kappa shape index (κ2) is 5.54. The van der Waals surface area contributed by atoms with Gasteiger partial charge in [-0.1, -0.05) is 24.3 Å². The first-order valence-corrected chi connectivity index (χ1v) is 7.35. The summed E-state index contributed by atoms with van der Waals surface area (Å²) in [6, 6.07) is 8.26. The van der Waals surface area contributed by atoms with E-state index in [0.29, 0.717) is 25.9 Å². The number of nitrogens with one attached hydrogen (secondary N) is 1. The molecule has 2 aliphatic rings. The molecule has 0 aromatic heterocycles. The van der Waals surface area contributed by atoms with Crippen LogP contribution in [0.3, 0.4) is 0 Å². The molecule has 4 nitrogen and oxygen atoms in total. The summed E-state index contributed by atoms with van der Waals surface area (Å²) >= 11 is 0. The van der Waals surface area contributed by atoms with Crippen molar-refractivity contribution in [1.82, 2.24) is 5.32 Å². The molecule has 4 heteroatoms. The smallest absolute Gasteiger partial charge is 0.309 e. The van der Waals surface area contributed by atoms with E-state index in [1.54, 1.807) is 0 Å². The Morgan fingerprint density at radius 3 is 2.85 bits per heavy atom. The number of ether oxygens (including phenoxy) is 1. The Bertz CT molecular complexity index is 494. The number of fused-ring (bicyclic) bond motifs is 1. The van der Waals surface area contributed by atoms with Crippen molar-refractivity contribution in [3.8, 4) is 0 Å². The molecule has 1 saturated heterocycles. The lowest BCUT2D eigenvalue weighted by Crippen LogP contribution is -2.43. The Hall–Kier alpha value is -1.39. The Morgan fingerprint density at radius 2 is 2.10 bits per heavy atom. The minimum atomic E-state index is -0.675. The van der Waals surface area contributed by atoms with Gasteiger partial charge < -0.3 is 15.2 Å². The van der Waals surface area contributed by atoms with Crippen molar-refractivity contribution in [2.45, 2.75) is 31.8 Å². The Labute approximate surface area is 119 Å². The van der Waals surface area contributed by atoms with Crippen molar-refractivity contribution in [2.24, 2.45) is 5.41 Å². The molecule has 0 radical (unpaired) electrons. The predicted octanol–water partition coefficient (Wildman–Crippen LogP) is 2.14. The summed E-state index contributed by atoms with van der Waals surface area (Å²) in [6.07, 6.45) is 2.80. The number of hydrogen-bond donors (Lipinski definition) is 2. The van der Waals surface area contributed by atoms with Crippen molar-refractivity contribution in [1.29, 1.82) is 0 Å². The molecule has 1 fully saturated rings. The monoisotopic (exact) mass is 275 g/mol. The van der Waals surface area contributed by atoms with Crippen molar-refractivity contribution in [3.63, 3.8) is 0 Å². The summed E-state index contributed by atoms with van der Waals surface area (Å²) in [6.45, 7) is 2.25.